The van der Waals surface area contributed by atoms with Crippen molar-refractivity contribution in [3.05, 3.63) is 35.4 Å². The van der Waals surface area contributed by atoms with Crippen LogP contribution in [-0.4, -0.2) is 46.7 Å². The molecule has 21 heavy (non-hydrogen) atoms. The first-order valence-corrected chi connectivity index (χ1v) is 7.95. The summed E-state index contributed by atoms with van der Waals surface area (Å²) in [6.07, 6.45) is 1.58. The number of rotatable bonds is 7. The van der Waals surface area contributed by atoms with Gasteiger partial charge in [0.05, 0.1) is 6.61 Å². The van der Waals surface area contributed by atoms with Gasteiger partial charge in [-0.1, -0.05) is 12.1 Å². The molecular weight excluding hydrogens is 294 g/mol. The summed E-state index contributed by atoms with van der Waals surface area (Å²) >= 11 is 0. The molecule has 6 nitrogen and oxygen atoms in total. The van der Waals surface area contributed by atoms with Crippen LogP contribution in [0.5, 0.6) is 0 Å². The molecule has 1 amide bonds. The van der Waals surface area contributed by atoms with Crippen LogP contribution in [0.2, 0.25) is 0 Å². The maximum absolute atomic E-state index is 12.2. The van der Waals surface area contributed by atoms with Crippen LogP contribution in [0.4, 0.5) is 0 Å². The highest BCUT2D eigenvalue weighted by molar-refractivity contribution is 7.83. The second-order valence-corrected chi connectivity index (χ2v) is 6.38. The number of carboxylic acid groups (broad SMARTS) is 1. The Labute approximate surface area is 126 Å². The fourth-order valence-electron chi connectivity index (χ4n) is 1.80. The predicted octanol–water partition coefficient (Wildman–Crippen LogP) is 0.785. The summed E-state index contributed by atoms with van der Waals surface area (Å²) in [6.45, 7) is 1.23. The van der Waals surface area contributed by atoms with Gasteiger partial charge in [-0.15, -0.1) is 0 Å². The SMILES string of the molecule is COCC(C)(NC(=O)c1cccc(CS(C)=O)c1)C(=O)O. The Hall–Kier alpha value is -1.73. The topological polar surface area (TPSA) is 92.7 Å². The van der Waals surface area contributed by atoms with Crippen molar-refractivity contribution in [1.29, 1.82) is 0 Å². The van der Waals surface area contributed by atoms with E-state index in [0.717, 1.165) is 5.56 Å². The lowest BCUT2D eigenvalue weighted by molar-refractivity contribution is -0.145. The van der Waals surface area contributed by atoms with Gasteiger partial charge in [0.1, 0.15) is 0 Å². The van der Waals surface area contributed by atoms with Crippen LogP contribution in [0, 0.1) is 0 Å². The Morgan fingerprint density at radius 1 is 1.43 bits per heavy atom. The maximum atomic E-state index is 12.2. The van der Waals surface area contributed by atoms with Gasteiger partial charge in [0.2, 0.25) is 0 Å². The van der Waals surface area contributed by atoms with Crippen molar-refractivity contribution in [2.24, 2.45) is 0 Å². The summed E-state index contributed by atoms with van der Waals surface area (Å²) in [7, 11) is 0.352. The van der Waals surface area contributed by atoms with E-state index < -0.39 is 28.2 Å². The number of hydrogen-bond acceptors (Lipinski definition) is 4. The molecule has 0 aliphatic carbocycles. The molecule has 2 atom stereocenters. The van der Waals surface area contributed by atoms with Gasteiger partial charge in [0.25, 0.3) is 5.91 Å². The molecule has 0 aliphatic rings. The van der Waals surface area contributed by atoms with Crippen LogP contribution in [-0.2, 0) is 26.1 Å². The second-order valence-electron chi connectivity index (χ2n) is 4.94. The zero-order chi connectivity index (χ0) is 16.0. The largest absolute Gasteiger partial charge is 0.479 e. The molecule has 1 aromatic rings. The summed E-state index contributed by atoms with van der Waals surface area (Å²) < 4.78 is 16.1. The van der Waals surface area contributed by atoms with Gasteiger partial charge in [-0.25, -0.2) is 4.79 Å². The van der Waals surface area contributed by atoms with Crippen LogP contribution in [0.1, 0.15) is 22.8 Å². The third-order valence-corrected chi connectivity index (χ3v) is 3.59. The maximum Gasteiger partial charge on any atom is 0.331 e. The van der Waals surface area contributed by atoms with Crippen molar-refractivity contribution < 1.29 is 23.6 Å². The normalized spacial score (nSPS) is 15.0. The first-order valence-electron chi connectivity index (χ1n) is 6.22. The summed E-state index contributed by atoms with van der Waals surface area (Å²) in [5.74, 6) is -1.35. The standard InChI is InChI=1S/C14H19NO5S/c1-14(9-20-2,13(17)18)15-12(16)11-6-4-5-10(7-11)8-21(3)19/h4-7H,8-9H2,1-3H3,(H,15,16)(H,17,18). The number of nitrogens with one attached hydrogen (secondary N) is 1. The smallest absolute Gasteiger partial charge is 0.331 e. The quantitative estimate of drug-likeness (QED) is 0.776. The molecule has 0 saturated heterocycles. The Morgan fingerprint density at radius 3 is 2.62 bits per heavy atom. The van der Waals surface area contributed by atoms with E-state index in [1.54, 1.807) is 30.5 Å². The predicted molar refractivity (Wildman–Crippen MR) is 79.6 cm³/mol. The molecule has 116 valence electrons. The molecular formula is C14H19NO5S. The minimum absolute atomic E-state index is 0.146. The molecule has 0 bridgehead atoms. The highest BCUT2D eigenvalue weighted by Gasteiger charge is 2.35. The van der Waals surface area contributed by atoms with Crippen LogP contribution in [0.25, 0.3) is 0 Å². The number of aliphatic carboxylic acids is 1. The van der Waals surface area contributed by atoms with E-state index in [2.05, 4.69) is 5.32 Å². The molecule has 2 unspecified atom stereocenters. The molecule has 0 saturated carbocycles. The number of benzene rings is 1. The van der Waals surface area contributed by atoms with Crippen LogP contribution < -0.4 is 5.32 Å². The molecule has 0 aliphatic heterocycles. The van der Waals surface area contributed by atoms with Gasteiger partial charge in [-0.2, -0.15) is 0 Å². The number of methoxy groups -OCH3 is 1. The minimum Gasteiger partial charge on any atom is -0.479 e. The van der Waals surface area contributed by atoms with Gasteiger partial charge in [0.15, 0.2) is 5.54 Å². The Morgan fingerprint density at radius 2 is 2.10 bits per heavy atom. The molecule has 1 aromatic carbocycles. The molecule has 0 radical (unpaired) electrons. The van der Waals surface area contributed by atoms with Gasteiger partial charge in [-0.3, -0.25) is 9.00 Å². The summed E-state index contributed by atoms with van der Waals surface area (Å²) in [5.41, 5.74) is -0.427. The highest BCUT2D eigenvalue weighted by Crippen LogP contribution is 2.11. The first kappa shape index (κ1) is 17.3. The molecule has 0 fully saturated rings. The summed E-state index contributed by atoms with van der Waals surface area (Å²) in [4.78, 5) is 23.4. The first-order chi connectivity index (χ1) is 9.78. The highest BCUT2D eigenvalue weighted by atomic mass is 32.2. The van der Waals surface area contributed by atoms with Crippen molar-refractivity contribution in [1.82, 2.24) is 5.32 Å². The molecule has 0 aromatic heterocycles. The second kappa shape index (κ2) is 7.33. The Balaban J connectivity index is 2.93. The molecule has 2 N–H and O–H groups in total. The van der Waals surface area contributed by atoms with E-state index in [0.29, 0.717) is 11.3 Å². The lowest BCUT2D eigenvalue weighted by atomic mass is 10.0. The number of amides is 1. The molecule has 1 rings (SSSR count). The zero-order valence-corrected chi connectivity index (χ0v) is 13.0. The van der Waals surface area contributed by atoms with Crippen molar-refractivity contribution in [2.75, 3.05) is 20.0 Å². The van der Waals surface area contributed by atoms with Gasteiger partial charge in [0, 0.05) is 35.5 Å². The minimum atomic E-state index is -1.50. The molecule has 0 spiro atoms. The van der Waals surface area contributed by atoms with Gasteiger partial charge >= 0.3 is 5.97 Å². The van der Waals surface area contributed by atoms with E-state index in [9.17, 15) is 18.9 Å². The van der Waals surface area contributed by atoms with Crippen molar-refractivity contribution in [3.63, 3.8) is 0 Å². The summed E-state index contributed by atoms with van der Waals surface area (Å²) in [5, 5.41) is 11.6. The van der Waals surface area contributed by atoms with Crippen molar-refractivity contribution in [2.45, 2.75) is 18.2 Å². The number of ether oxygens (including phenoxy) is 1. The van der Waals surface area contributed by atoms with Gasteiger partial charge in [-0.05, 0) is 24.6 Å². The monoisotopic (exact) mass is 313 g/mol. The summed E-state index contributed by atoms with van der Waals surface area (Å²) in [6, 6.07) is 6.62. The van der Waals surface area contributed by atoms with E-state index in [1.165, 1.54) is 14.0 Å². The lowest BCUT2D eigenvalue weighted by Crippen LogP contribution is -2.55. The molecule has 7 heteroatoms. The van der Waals surface area contributed by atoms with E-state index in [4.69, 9.17) is 4.74 Å². The lowest BCUT2D eigenvalue weighted by Gasteiger charge is -2.25. The molecule has 0 heterocycles. The Kier molecular flexibility index (Phi) is 6.04. The third-order valence-electron chi connectivity index (χ3n) is 2.85. The average Bonchev–Trinajstić information content (AvgIpc) is 2.38. The number of hydrogen-bond donors (Lipinski definition) is 2. The van der Waals surface area contributed by atoms with Crippen molar-refractivity contribution >= 4 is 22.7 Å². The van der Waals surface area contributed by atoms with E-state index in [-0.39, 0.29) is 6.61 Å². The zero-order valence-electron chi connectivity index (χ0n) is 12.2. The van der Waals surface area contributed by atoms with E-state index in [1.807, 2.05) is 0 Å². The van der Waals surface area contributed by atoms with Crippen LogP contribution in [0.15, 0.2) is 24.3 Å². The number of carboxylic acids is 1. The van der Waals surface area contributed by atoms with Crippen LogP contribution in [0.3, 0.4) is 0 Å². The number of carbonyl (C=O) groups excluding carboxylic acids is 1. The van der Waals surface area contributed by atoms with Crippen LogP contribution >= 0.6 is 0 Å². The van der Waals surface area contributed by atoms with Crippen molar-refractivity contribution in [3.8, 4) is 0 Å². The fraction of sp³-hybridized carbons (Fsp3) is 0.429. The van der Waals surface area contributed by atoms with E-state index >= 15 is 0 Å². The number of carbonyl (C=O) groups is 2. The third kappa shape index (κ3) is 4.95. The average molecular weight is 313 g/mol. The van der Waals surface area contributed by atoms with Gasteiger partial charge < -0.3 is 15.2 Å². The fourth-order valence-corrected chi connectivity index (χ4v) is 2.45. The Bertz CT molecular complexity index is 560.